The van der Waals surface area contributed by atoms with E-state index in [1.807, 2.05) is 0 Å². The molecule has 2 N–H and O–H groups in total. The predicted octanol–water partition coefficient (Wildman–Crippen LogP) is 13.9. The average Bonchev–Trinajstić information content (AvgIpc) is 3.86. The molecule has 0 amide bonds. The lowest BCUT2D eigenvalue weighted by Gasteiger charge is -2.49. The number of benzene rings is 10. The van der Waals surface area contributed by atoms with E-state index in [-0.39, 0.29) is 12.3 Å². The summed E-state index contributed by atoms with van der Waals surface area (Å²) in [5.41, 5.74) is 20.4. The smallest absolute Gasteiger partial charge is 0.131 e. The highest BCUT2D eigenvalue weighted by Gasteiger charge is 2.59. The Bertz CT molecular complexity index is 3530. The maximum atomic E-state index is 5.30. The molecule has 2 unspecified atom stereocenters. The number of nitrogens with one attached hydrogen (secondary N) is 2. The standard InChI is InChI=1S/C63H43N3/c1-3-19-40(20-4-1)59-64-60(41-21-5-2-6-22-41)66-61(65-59)50-38-43-24-8-7-23-42(43)37-49(50)44-35-36-57-58(39-44)63(53-31-15-11-27-47(53)48-28-12-16-32-54(48)63)56-34-18-17-33-55(56)62(57)51-29-13-9-25-45(51)46-26-10-14-30-52(46)62/h1-39,59,61,65H,(H,64,66). The van der Waals surface area contributed by atoms with E-state index in [9.17, 15) is 0 Å². The van der Waals surface area contributed by atoms with Gasteiger partial charge < -0.3 is 5.32 Å². The number of amidine groups is 1. The molecule has 310 valence electrons. The van der Waals surface area contributed by atoms with Crippen molar-refractivity contribution in [2.45, 2.75) is 23.2 Å². The summed E-state index contributed by atoms with van der Waals surface area (Å²) in [5.74, 6) is 0.869. The van der Waals surface area contributed by atoms with Crippen LogP contribution in [0.5, 0.6) is 0 Å². The molecule has 1 aliphatic heterocycles. The molecule has 0 aromatic heterocycles. The predicted molar refractivity (Wildman–Crippen MR) is 269 cm³/mol. The van der Waals surface area contributed by atoms with Crippen molar-refractivity contribution in [2.75, 3.05) is 0 Å². The van der Waals surface area contributed by atoms with Gasteiger partial charge in [0, 0.05) is 5.56 Å². The van der Waals surface area contributed by atoms with Crippen molar-refractivity contribution in [1.29, 1.82) is 0 Å². The lowest BCUT2D eigenvalue weighted by Crippen LogP contribution is -2.45. The maximum Gasteiger partial charge on any atom is 0.131 e. The topological polar surface area (TPSA) is 36.4 Å². The molecule has 66 heavy (non-hydrogen) atoms. The minimum absolute atomic E-state index is 0.260. The van der Waals surface area contributed by atoms with Gasteiger partial charge in [-0.25, -0.2) is 4.99 Å². The second-order valence-corrected chi connectivity index (χ2v) is 18.2. The number of aliphatic imine (C=N–C) groups is 1. The third-order valence-corrected chi connectivity index (χ3v) is 15.0. The lowest BCUT2D eigenvalue weighted by molar-refractivity contribution is 0.410. The Morgan fingerprint density at radius 3 is 1.33 bits per heavy atom. The quantitative estimate of drug-likeness (QED) is 0.185. The Hall–Kier alpha value is -8.11. The molecule has 4 aliphatic rings. The van der Waals surface area contributed by atoms with Crippen molar-refractivity contribution in [3.63, 3.8) is 0 Å². The van der Waals surface area contributed by atoms with Gasteiger partial charge in [0.1, 0.15) is 18.2 Å². The Balaban J connectivity index is 1.07. The third kappa shape index (κ3) is 5.03. The van der Waals surface area contributed by atoms with Crippen molar-refractivity contribution in [3.05, 3.63) is 298 Å². The monoisotopic (exact) mass is 841 g/mol. The molecule has 3 aliphatic carbocycles. The van der Waals surface area contributed by atoms with Crippen LogP contribution in [0.25, 0.3) is 44.2 Å². The fourth-order valence-electron chi connectivity index (χ4n) is 12.4. The molecule has 14 rings (SSSR count). The Morgan fingerprint density at radius 2 is 0.773 bits per heavy atom. The second kappa shape index (κ2) is 14.2. The van der Waals surface area contributed by atoms with E-state index in [4.69, 9.17) is 4.99 Å². The van der Waals surface area contributed by atoms with Crippen LogP contribution in [0.4, 0.5) is 0 Å². The first kappa shape index (κ1) is 37.3. The summed E-state index contributed by atoms with van der Waals surface area (Å²) in [7, 11) is 0. The zero-order valence-corrected chi connectivity index (χ0v) is 36.1. The van der Waals surface area contributed by atoms with E-state index in [1.54, 1.807) is 0 Å². The molecule has 3 nitrogen and oxygen atoms in total. The molecule has 0 radical (unpaired) electrons. The van der Waals surface area contributed by atoms with Gasteiger partial charge in [0.2, 0.25) is 0 Å². The van der Waals surface area contributed by atoms with E-state index in [1.165, 1.54) is 94.2 Å². The molecule has 10 aromatic carbocycles. The molecule has 10 aromatic rings. The van der Waals surface area contributed by atoms with Gasteiger partial charge in [-0.15, -0.1) is 0 Å². The van der Waals surface area contributed by atoms with Crippen LogP contribution in [0.2, 0.25) is 0 Å². The summed E-state index contributed by atoms with van der Waals surface area (Å²) in [4.78, 5) is 5.30. The minimum atomic E-state index is -0.587. The first-order valence-corrected chi connectivity index (χ1v) is 23.1. The minimum Gasteiger partial charge on any atom is -0.350 e. The molecular formula is C63H43N3. The highest BCUT2D eigenvalue weighted by atomic mass is 15.3. The van der Waals surface area contributed by atoms with E-state index in [0.29, 0.717) is 0 Å². The van der Waals surface area contributed by atoms with E-state index >= 15 is 0 Å². The third-order valence-electron chi connectivity index (χ3n) is 15.0. The van der Waals surface area contributed by atoms with Crippen LogP contribution in [0.1, 0.15) is 73.5 Å². The van der Waals surface area contributed by atoms with Crippen molar-refractivity contribution in [2.24, 2.45) is 4.99 Å². The van der Waals surface area contributed by atoms with E-state index in [0.717, 1.165) is 17.0 Å². The van der Waals surface area contributed by atoms with Crippen LogP contribution in [-0.2, 0) is 10.8 Å². The van der Waals surface area contributed by atoms with E-state index in [2.05, 4.69) is 247 Å². The molecule has 2 atom stereocenters. The second-order valence-electron chi connectivity index (χ2n) is 18.2. The van der Waals surface area contributed by atoms with Crippen LogP contribution >= 0.6 is 0 Å². The fourth-order valence-corrected chi connectivity index (χ4v) is 12.4. The number of hydrogen-bond acceptors (Lipinski definition) is 3. The van der Waals surface area contributed by atoms with Gasteiger partial charge in [0.25, 0.3) is 0 Å². The van der Waals surface area contributed by atoms with Gasteiger partial charge in [0.15, 0.2) is 0 Å². The molecular weight excluding hydrogens is 799 g/mol. The van der Waals surface area contributed by atoms with Crippen molar-refractivity contribution < 1.29 is 0 Å². The summed E-state index contributed by atoms with van der Waals surface area (Å²) >= 11 is 0. The normalized spacial score (nSPS) is 17.5. The molecule has 0 bridgehead atoms. The summed E-state index contributed by atoms with van der Waals surface area (Å²) in [6.45, 7) is 0. The van der Waals surface area contributed by atoms with Crippen LogP contribution in [0.15, 0.2) is 242 Å². The number of rotatable bonds is 4. The van der Waals surface area contributed by atoms with E-state index < -0.39 is 10.8 Å². The average molecular weight is 842 g/mol. The molecule has 2 spiro atoms. The molecule has 0 fully saturated rings. The molecule has 0 saturated heterocycles. The number of hydrogen-bond donors (Lipinski definition) is 2. The Morgan fingerprint density at radius 1 is 0.333 bits per heavy atom. The summed E-state index contributed by atoms with van der Waals surface area (Å²) in [5, 5.41) is 10.3. The molecule has 0 saturated carbocycles. The van der Waals surface area contributed by atoms with Crippen molar-refractivity contribution in [1.82, 2.24) is 10.6 Å². The highest BCUT2D eigenvalue weighted by Crippen LogP contribution is 2.67. The van der Waals surface area contributed by atoms with Gasteiger partial charge in [0.05, 0.1) is 10.8 Å². The number of nitrogens with zero attached hydrogens (tertiary/aromatic N) is 1. The van der Waals surface area contributed by atoms with Crippen molar-refractivity contribution >= 4 is 16.6 Å². The zero-order chi connectivity index (χ0) is 43.4. The first-order chi connectivity index (χ1) is 32.7. The highest BCUT2D eigenvalue weighted by molar-refractivity contribution is 6.00. The maximum absolute atomic E-state index is 5.30. The molecule has 1 heterocycles. The Kier molecular flexibility index (Phi) is 8.02. The van der Waals surface area contributed by atoms with Gasteiger partial charge in [-0.2, -0.15) is 0 Å². The summed E-state index contributed by atoms with van der Waals surface area (Å²) in [6.07, 6.45) is -0.523. The van der Waals surface area contributed by atoms with Crippen LogP contribution in [0.3, 0.4) is 0 Å². The van der Waals surface area contributed by atoms with Crippen LogP contribution in [-0.4, -0.2) is 5.84 Å². The largest absolute Gasteiger partial charge is 0.350 e. The lowest BCUT2D eigenvalue weighted by atomic mass is 9.52. The van der Waals surface area contributed by atoms with Crippen LogP contribution in [0, 0.1) is 0 Å². The fraction of sp³-hybridized carbons (Fsp3) is 0.0635. The SMILES string of the molecule is c1ccc(C2=NC(c3ccccc3)NC(c3cc4ccccc4cc3-c3ccc4c(c3)C3(c5ccccc5-c5ccccc53)c3ccccc3C43c4ccccc4-c4ccccc43)N2)cc1. The zero-order valence-electron chi connectivity index (χ0n) is 36.1. The van der Waals surface area contributed by atoms with Gasteiger partial charge in [-0.1, -0.05) is 218 Å². The van der Waals surface area contributed by atoms with Crippen LogP contribution < -0.4 is 10.6 Å². The van der Waals surface area contributed by atoms with Gasteiger partial charge in [-0.05, 0) is 118 Å². The summed E-state index contributed by atoms with van der Waals surface area (Å²) < 4.78 is 0. The molecule has 3 heteroatoms. The summed E-state index contributed by atoms with van der Waals surface area (Å²) in [6, 6.07) is 88.1. The van der Waals surface area contributed by atoms with Gasteiger partial charge >= 0.3 is 0 Å². The number of fused-ring (bicyclic) bond motifs is 17. The van der Waals surface area contributed by atoms with Gasteiger partial charge in [-0.3, -0.25) is 5.32 Å². The van der Waals surface area contributed by atoms with Crippen molar-refractivity contribution in [3.8, 4) is 33.4 Å². The first-order valence-electron chi connectivity index (χ1n) is 23.1. The Labute approximate surface area is 384 Å².